The van der Waals surface area contributed by atoms with Crippen LogP contribution in [0.1, 0.15) is 83.7 Å². The number of hydrogen-bond donors (Lipinski definition) is 1. The first kappa shape index (κ1) is 36.5. The first-order valence-corrected chi connectivity index (χ1v) is 19.3. The molecule has 0 saturated carbocycles. The highest BCUT2D eigenvalue weighted by Gasteiger charge is 2.52. The lowest BCUT2D eigenvalue weighted by Gasteiger charge is -2.40. The predicted molar refractivity (Wildman–Crippen MR) is 200 cm³/mol. The summed E-state index contributed by atoms with van der Waals surface area (Å²) in [5.41, 5.74) is 3.40. The Morgan fingerprint density at radius 2 is 1.68 bits per heavy atom. The molecule has 272 valence electrons. The summed E-state index contributed by atoms with van der Waals surface area (Å²) in [6.45, 7) is 18.2. The van der Waals surface area contributed by atoms with Crippen LogP contribution in [0.4, 0.5) is 20.6 Å². The van der Waals surface area contributed by atoms with Crippen molar-refractivity contribution in [1.29, 1.82) is 0 Å². The van der Waals surface area contributed by atoms with Crippen LogP contribution in [-0.2, 0) is 16.0 Å². The standard InChI is InChI=1S/C39H55FN6O3S/c1-27(2)42-22-24-44(25-23-42)34-30(11-9-12-31(34)40)35-46(21-17-38(3,4)5)36(48)39(6,50-35)26-33(47)43-18-15-29(16-19-43)45-20-14-28-10-7-8-13-32(28)41-37(45)49/h7-13,27,29,35H,14-26H2,1-6H3,(H,41,49)/t35-,39+/m1/s1. The second-order valence-electron chi connectivity index (χ2n) is 16.1. The minimum absolute atomic E-state index is 0.000341. The number of fused-ring (bicyclic) bond motifs is 1. The average Bonchev–Trinajstić information content (AvgIpc) is 3.20. The minimum Gasteiger partial charge on any atom is -0.366 e. The summed E-state index contributed by atoms with van der Waals surface area (Å²) in [5, 5.41) is 2.68. The van der Waals surface area contributed by atoms with Crippen LogP contribution in [0.5, 0.6) is 0 Å². The summed E-state index contributed by atoms with van der Waals surface area (Å²) in [7, 11) is 0. The average molecular weight is 707 g/mol. The summed E-state index contributed by atoms with van der Waals surface area (Å²) in [6, 6.07) is 13.6. The molecule has 2 aromatic carbocycles. The van der Waals surface area contributed by atoms with Gasteiger partial charge in [0, 0.05) is 75.7 Å². The van der Waals surface area contributed by atoms with Crippen molar-refractivity contribution in [2.24, 2.45) is 5.41 Å². The number of para-hydroxylation sites is 2. The van der Waals surface area contributed by atoms with Crippen LogP contribution in [0.2, 0.25) is 0 Å². The van der Waals surface area contributed by atoms with E-state index in [9.17, 15) is 14.4 Å². The summed E-state index contributed by atoms with van der Waals surface area (Å²) in [6.07, 6.45) is 3.07. The van der Waals surface area contributed by atoms with Gasteiger partial charge in [0.05, 0.1) is 12.1 Å². The highest BCUT2D eigenvalue weighted by Crippen LogP contribution is 2.53. The molecule has 2 aromatic rings. The van der Waals surface area contributed by atoms with Gasteiger partial charge in [-0.2, -0.15) is 0 Å². The maximum atomic E-state index is 15.8. The van der Waals surface area contributed by atoms with Gasteiger partial charge in [0.1, 0.15) is 15.9 Å². The molecule has 11 heteroatoms. The van der Waals surface area contributed by atoms with Crippen LogP contribution in [-0.4, -0.2) is 107 Å². The number of nitrogens with one attached hydrogen (secondary N) is 1. The van der Waals surface area contributed by atoms with Gasteiger partial charge in [0.15, 0.2) is 0 Å². The van der Waals surface area contributed by atoms with E-state index < -0.39 is 10.1 Å². The zero-order chi connectivity index (χ0) is 35.8. The number of amides is 4. The lowest BCUT2D eigenvalue weighted by molar-refractivity contribution is -0.139. The SMILES string of the molecule is CC(C)N1CCN(c2c(F)cccc2[C@H]2S[C@@](C)(CC(=O)N3CCC(N4CCc5ccccc5NC4=O)CC3)C(=O)N2CCC(C)(C)C)CC1. The van der Waals surface area contributed by atoms with Crippen molar-refractivity contribution in [3.63, 3.8) is 0 Å². The number of hydrogen-bond acceptors (Lipinski definition) is 6. The van der Waals surface area contributed by atoms with Crippen molar-refractivity contribution in [3.8, 4) is 0 Å². The Morgan fingerprint density at radius 3 is 2.36 bits per heavy atom. The summed E-state index contributed by atoms with van der Waals surface area (Å²) in [4.78, 5) is 51.8. The molecule has 0 spiro atoms. The molecule has 4 aliphatic heterocycles. The van der Waals surface area contributed by atoms with Gasteiger partial charge in [-0.1, -0.05) is 51.1 Å². The Hall–Kier alpha value is -3.31. The van der Waals surface area contributed by atoms with E-state index in [1.54, 1.807) is 6.07 Å². The normalized spacial score (nSPS) is 24.1. The number of rotatable bonds is 8. The Balaban J connectivity index is 1.16. The number of piperidine rings is 1. The molecule has 0 radical (unpaired) electrons. The topological polar surface area (TPSA) is 79.4 Å². The molecule has 9 nitrogen and oxygen atoms in total. The maximum absolute atomic E-state index is 15.8. The van der Waals surface area contributed by atoms with Crippen LogP contribution in [0.25, 0.3) is 0 Å². The largest absolute Gasteiger partial charge is 0.366 e. The smallest absolute Gasteiger partial charge is 0.322 e. The number of benzene rings is 2. The van der Waals surface area contributed by atoms with Crippen LogP contribution in [0, 0.1) is 11.2 Å². The zero-order valence-corrected chi connectivity index (χ0v) is 31.5. The number of urea groups is 1. The quantitative estimate of drug-likeness (QED) is 0.334. The Labute approximate surface area is 301 Å². The first-order chi connectivity index (χ1) is 23.7. The molecular formula is C39H55FN6O3S. The highest BCUT2D eigenvalue weighted by molar-refractivity contribution is 8.02. The van der Waals surface area contributed by atoms with Gasteiger partial charge >= 0.3 is 6.03 Å². The van der Waals surface area contributed by atoms with Crippen LogP contribution in [0.15, 0.2) is 42.5 Å². The van der Waals surface area contributed by atoms with Crippen molar-refractivity contribution in [2.45, 2.75) is 95.9 Å². The number of nitrogens with zero attached hydrogens (tertiary/aromatic N) is 5. The number of carbonyl (C=O) groups excluding carboxylic acids is 3. The summed E-state index contributed by atoms with van der Waals surface area (Å²) < 4.78 is 14.8. The third-order valence-corrected chi connectivity index (χ3v) is 12.6. The molecule has 0 aliphatic carbocycles. The van der Waals surface area contributed by atoms with E-state index in [0.717, 1.165) is 55.8 Å². The fourth-order valence-electron chi connectivity index (χ4n) is 7.89. The fraction of sp³-hybridized carbons (Fsp3) is 0.615. The molecule has 0 aromatic heterocycles. The number of thioether (sulfide) groups is 1. The molecule has 0 unspecified atom stereocenters. The van der Waals surface area contributed by atoms with Gasteiger partial charge in [-0.25, -0.2) is 9.18 Å². The fourth-order valence-corrected chi connectivity index (χ4v) is 9.45. The van der Waals surface area contributed by atoms with Crippen molar-refractivity contribution >= 4 is 41.0 Å². The van der Waals surface area contributed by atoms with Crippen LogP contribution < -0.4 is 10.2 Å². The molecule has 2 atom stereocenters. The third kappa shape index (κ3) is 7.78. The van der Waals surface area contributed by atoms with E-state index in [2.05, 4.69) is 55.8 Å². The number of carbonyl (C=O) groups is 3. The lowest BCUT2D eigenvalue weighted by Crippen LogP contribution is -2.51. The minimum atomic E-state index is -0.979. The number of halogens is 1. The molecular weight excluding hydrogens is 652 g/mol. The summed E-state index contributed by atoms with van der Waals surface area (Å²) in [5.74, 6) is -0.361. The third-order valence-electron chi connectivity index (χ3n) is 11.0. The number of likely N-dealkylation sites (tertiary alicyclic amines) is 1. The Morgan fingerprint density at radius 1 is 0.980 bits per heavy atom. The Kier molecular flexibility index (Phi) is 10.8. The molecule has 0 bridgehead atoms. The zero-order valence-electron chi connectivity index (χ0n) is 30.7. The van der Waals surface area contributed by atoms with Gasteiger partial charge in [0.25, 0.3) is 0 Å². The Bertz CT molecular complexity index is 1570. The highest BCUT2D eigenvalue weighted by atomic mass is 32.2. The molecule has 3 saturated heterocycles. The predicted octanol–water partition coefficient (Wildman–Crippen LogP) is 6.60. The van der Waals surface area contributed by atoms with E-state index in [4.69, 9.17) is 0 Å². The van der Waals surface area contributed by atoms with Crippen molar-refractivity contribution in [3.05, 3.63) is 59.4 Å². The van der Waals surface area contributed by atoms with Crippen LogP contribution in [0.3, 0.4) is 0 Å². The second-order valence-corrected chi connectivity index (χ2v) is 17.7. The van der Waals surface area contributed by atoms with Gasteiger partial charge in [-0.15, -0.1) is 11.8 Å². The number of anilines is 2. The second kappa shape index (κ2) is 14.7. The van der Waals surface area contributed by atoms with E-state index >= 15 is 4.39 Å². The molecule has 50 heavy (non-hydrogen) atoms. The summed E-state index contributed by atoms with van der Waals surface area (Å²) >= 11 is 1.50. The van der Waals surface area contributed by atoms with Gasteiger partial charge < -0.3 is 24.9 Å². The van der Waals surface area contributed by atoms with E-state index in [1.165, 1.54) is 17.8 Å². The molecule has 4 aliphatic rings. The molecule has 4 heterocycles. The van der Waals surface area contributed by atoms with Gasteiger partial charge in [-0.05, 0) is 69.6 Å². The number of piperazine rings is 1. The molecule has 1 N–H and O–H groups in total. The van der Waals surface area contributed by atoms with Crippen molar-refractivity contribution in [2.75, 3.05) is 62.6 Å². The lowest BCUT2D eigenvalue weighted by atomic mass is 9.91. The van der Waals surface area contributed by atoms with Crippen LogP contribution >= 0.6 is 11.8 Å². The van der Waals surface area contributed by atoms with Gasteiger partial charge in [0.2, 0.25) is 11.8 Å². The van der Waals surface area contributed by atoms with E-state index in [-0.39, 0.29) is 41.5 Å². The monoisotopic (exact) mass is 706 g/mol. The van der Waals surface area contributed by atoms with E-state index in [0.29, 0.717) is 50.7 Å². The van der Waals surface area contributed by atoms with Crippen molar-refractivity contribution in [1.82, 2.24) is 19.6 Å². The molecule has 6 rings (SSSR count). The molecule has 3 fully saturated rings. The van der Waals surface area contributed by atoms with E-state index in [1.807, 2.05) is 45.9 Å². The van der Waals surface area contributed by atoms with Crippen molar-refractivity contribution < 1.29 is 18.8 Å². The van der Waals surface area contributed by atoms with Gasteiger partial charge in [-0.3, -0.25) is 14.5 Å². The maximum Gasteiger partial charge on any atom is 0.322 e. The molecule has 4 amide bonds. The first-order valence-electron chi connectivity index (χ1n) is 18.4.